The fourth-order valence-electron chi connectivity index (χ4n) is 4.99. The average Bonchev–Trinajstić information content (AvgIpc) is 2.86. The van der Waals surface area contributed by atoms with Gasteiger partial charge in [0.1, 0.15) is 0 Å². The third-order valence-corrected chi connectivity index (χ3v) is 6.97. The number of hydrogen-bond donors (Lipinski definition) is 0. The van der Waals surface area contributed by atoms with Gasteiger partial charge in [0.05, 0.1) is 0 Å². The van der Waals surface area contributed by atoms with Crippen LogP contribution in [-0.4, -0.2) is 0 Å². The van der Waals surface area contributed by atoms with Crippen LogP contribution in [0.2, 0.25) is 10.0 Å². The minimum Gasteiger partial charge on any atom is -0.311 e. The van der Waals surface area contributed by atoms with Gasteiger partial charge in [-0.2, -0.15) is 0 Å². The molecule has 0 saturated heterocycles. The third kappa shape index (κ3) is 5.72. The summed E-state index contributed by atoms with van der Waals surface area (Å²) in [5, 5.41) is 1.41. The van der Waals surface area contributed by atoms with Crippen LogP contribution in [-0.2, 0) is 0 Å². The van der Waals surface area contributed by atoms with E-state index in [0.29, 0.717) is 10.0 Å². The van der Waals surface area contributed by atoms with Crippen molar-refractivity contribution in [3.05, 3.63) is 141 Å². The molecule has 5 rings (SSSR count). The lowest BCUT2D eigenvalue weighted by atomic mass is 10.1. The van der Waals surface area contributed by atoms with Gasteiger partial charge >= 0.3 is 0 Å². The van der Waals surface area contributed by atoms with Crippen molar-refractivity contribution in [2.75, 3.05) is 9.80 Å². The second kappa shape index (κ2) is 10.9. The SMILES string of the molecule is Cc1cc(C)cc(N(c2ccc(N(c3ccc(Cl)cc3)c3ccc(Cl)cc3)cc2)c2cc(C)cc(C)c2)c1. The van der Waals surface area contributed by atoms with Gasteiger partial charge in [-0.05, 0) is 147 Å². The quantitative estimate of drug-likeness (QED) is 0.213. The van der Waals surface area contributed by atoms with E-state index in [1.165, 1.54) is 22.3 Å². The van der Waals surface area contributed by atoms with E-state index < -0.39 is 0 Å². The van der Waals surface area contributed by atoms with Crippen LogP contribution in [0, 0.1) is 27.7 Å². The van der Waals surface area contributed by atoms with Crippen molar-refractivity contribution in [2.24, 2.45) is 0 Å². The van der Waals surface area contributed by atoms with E-state index in [4.69, 9.17) is 23.2 Å². The second-order valence-electron chi connectivity index (χ2n) is 9.83. The molecule has 0 fully saturated rings. The number of nitrogens with zero attached hydrogens (tertiary/aromatic N) is 2. The predicted octanol–water partition coefficient (Wildman–Crippen LogP) is 11.2. The van der Waals surface area contributed by atoms with Crippen molar-refractivity contribution in [3.63, 3.8) is 0 Å². The van der Waals surface area contributed by atoms with Crippen LogP contribution >= 0.6 is 23.2 Å². The molecule has 5 aromatic rings. The van der Waals surface area contributed by atoms with Crippen LogP contribution in [0.4, 0.5) is 34.1 Å². The second-order valence-corrected chi connectivity index (χ2v) is 10.7. The van der Waals surface area contributed by atoms with Gasteiger partial charge in [-0.3, -0.25) is 0 Å². The molecule has 190 valence electrons. The zero-order chi connectivity index (χ0) is 26.8. The summed E-state index contributed by atoms with van der Waals surface area (Å²) in [5.74, 6) is 0. The van der Waals surface area contributed by atoms with E-state index in [0.717, 1.165) is 34.1 Å². The minimum absolute atomic E-state index is 0.706. The maximum atomic E-state index is 6.20. The molecule has 0 aromatic heterocycles. The largest absolute Gasteiger partial charge is 0.311 e. The van der Waals surface area contributed by atoms with Crippen LogP contribution in [0.3, 0.4) is 0 Å². The van der Waals surface area contributed by atoms with Crippen molar-refractivity contribution < 1.29 is 0 Å². The molecule has 0 spiro atoms. The van der Waals surface area contributed by atoms with Gasteiger partial charge < -0.3 is 9.80 Å². The van der Waals surface area contributed by atoms with E-state index in [2.05, 4.69) is 98.2 Å². The lowest BCUT2D eigenvalue weighted by molar-refractivity contribution is 1.23. The van der Waals surface area contributed by atoms with Crippen LogP contribution < -0.4 is 9.80 Å². The van der Waals surface area contributed by atoms with E-state index in [9.17, 15) is 0 Å². The maximum Gasteiger partial charge on any atom is 0.0466 e. The van der Waals surface area contributed by atoms with Gasteiger partial charge in [0.15, 0.2) is 0 Å². The summed E-state index contributed by atoms with van der Waals surface area (Å²) in [7, 11) is 0. The topological polar surface area (TPSA) is 6.48 Å². The van der Waals surface area contributed by atoms with Crippen LogP contribution in [0.1, 0.15) is 22.3 Å². The summed E-state index contributed by atoms with van der Waals surface area (Å²) in [6.07, 6.45) is 0. The third-order valence-electron chi connectivity index (χ3n) is 6.47. The Bertz CT molecular complexity index is 1420. The zero-order valence-electron chi connectivity index (χ0n) is 22.0. The number of hydrogen-bond acceptors (Lipinski definition) is 2. The maximum absolute atomic E-state index is 6.20. The Labute approximate surface area is 235 Å². The number of rotatable bonds is 6. The van der Waals surface area contributed by atoms with E-state index in [1.54, 1.807) is 0 Å². The van der Waals surface area contributed by atoms with Crippen LogP contribution in [0.25, 0.3) is 0 Å². The molecule has 2 nitrogen and oxygen atoms in total. The highest BCUT2D eigenvalue weighted by atomic mass is 35.5. The van der Waals surface area contributed by atoms with E-state index >= 15 is 0 Å². The van der Waals surface area contributed by atoms with Crippen molar-refractivity contribution in [3.8, 4) is 0 Å². The summed E-state index contributed by atoms with van der Waals surface area (Å²) in [6.45, 7) is 8.59. The monoisotopic (exact) mass is 536 g/mol. The summed E-state index contributed by atoms with van der Waals surface area (Å²) >= 11 is 12.4. The molecule has 0 heterocycles. The van der Waals surface area contributed by atoms with Gasteiger partial charge in [-0.1, -0.05) is 35.3 Å². The van der Waals surface area contributed by atoms with Gasteiger partial charge in [-0.25, -0.2) is 0 Å². The first-order valence-electron chi connectivity index (χ1n) is 12.6. The summed E-state index contributed by atoms with van der Waals surface area (Å²) in [4.78, 5) is 4.53. The normalized spacial score (nSPS) is 10.9. The zero-order valence-corrected chi connectivity index (χ0v) is 23.6. The molecule has 0 aliphatic heterocycles. The Kier molecular flexibility index (Phi) is 7.46. The molecule has 0 bridgehead atoms. The van der Waals surface area contributed by atoms with Crippen molar-refractivity contribution in [1.29, 1.82) is 0 Å². The molecule has 0 N–H and O–H groups in total. The minimum atomic E-state index is 0.706. The van der Waals surface area contributed by atoms with Crippen LogP contribution in [0.5, 0.6) is 0 Å². The summed E-state index contributed by atoms with van der Waals surface area (Å²) in [5.41, 5.74) is 11.4. The number of anilines is 6. The molecule has 0 amide bonds. The molecule has 4 heteroatoms. The number of aryl methyl sites for hydroxylation is 4. The predicted molar refractivity (Wildman–Crippen MR) is 165 cm³/mol. The first-order chi connectivity index (χ1) is 18.3. The van der Waals surface area contributed by atoms with Gasteiger partial charge in [0.25, 0.3) is 0 Å². The van der Waals surface area contributed by atoms with Gasteiger partial charge in [0.2, 0.25) is 0 Å². The summed E-state index contributed by atoms with van der Waals surface area (Å²) < 4.78 is 0. The molecule has 0 aliphatic carbocycles. The van der Waals surface area contributed by atoms with E-state index in [1.807, 2.05) is 48.5 Å². The van der Waals surface area contributed by atoms with Crippen LogP contribution in [0.15, 0.2) is 109 Å². The Morgan fingerprint density at radius 1 is 0.342 bits per heavy atom. The van der Waals surface area contributed by atoms with Crippen molar-refractivity contribution >= 4 is 57.3 Å². The van der Waals surface area contributed by atoms with Gasteiger partial charge in [-0.15, -0.1) is 0 Å². The molecule has 0 atom stereocenters. The van der Waals surface area contributed by atoms with Gasteiger partial charge in [0, 0.05) is 44.2 Å². The fraction of sp³-hybridized carbons (Fsp3) is 0.118. The Hall–Kier alpha value is -3.72. The lowest BCUT2D eigenvalue weighted by Gasteiger charge is -2.29. The average molecular weight is 538 g/mol. The molecule has 0 unspecified atom stereocenters. The highest BCUT2D eigenvalue weighted by Gasteiger charge is 2.17. The highest BCUT2D eigenvalue weighted by Crippen LogP contribution is 2.40. The fourth-order valence-corrected chi connectivity index (χ4v) is 5.24. The Balaban J connectivity index is 1.62. The Morgan fingerprint density at radius 2 is 0.579 bits per heavy atom. The molecule has 0 radical (unpaired) electrons. The highest BCUT2D eigenvalue weighted by molar-refractivity contribution is 6.31. The lowest BCUT2D eigenvalue weighted by Crippen LogP contribution is -2.12. The first-order valence-corrected chi connectivity index (χ1v) is 13.4. The first kappa shape index (κ1) is 25.9. The molecular formula is C34H30Cl2N2. The summed E-state index contributed by atoms with van der Waals surface area (Å²) in [6, 6.07) is 37.9. The van der Waals surface area contributed by atoms with Crippen molar-refractivity contribution in [1.82, 2.24) is 0 Å². The molecule has 0 saturated carbocycles. The molecular weight excluding hydrogens is 507 g/mol. The number of halogens is 2. The molecule has 5 aromatic carbocycles. The standard InChI is InChI=1S/C34H30Cl2N2/c1-23-17-24(2)20-33(19-23)38(34-21-25(3)18-26(4)22-34)32-15-13-31(14-16-32)37(29-9-5-27(35)6-10-29)30-11-7-28(36)8-12-30/h5-22H,1-4H3. The van der Waals surface area contributed by atoms with E-state index in [-0.39, 0.29) is 0 Å². The van der Waals surface area contributed by atoms with Crippen molar-refractivity contribution in [2.45, 2.75) is 27.7 Å². The molecule has 0 aliphatic rings. The smallest absolute Gasteiger partial charge is 0.0466 e. The molecule has 38 heavy (non-hydrogen) atoms. The Morgan fingerprint density at radius 3 is 0.868 bits per heavy atom. The number of benzene rings is 5.